The van der Waals surface area contributed by atoms with Gasteiger partial charge in [-0.2, -0.15) is 0 Å². The van der Waals surface area contributed by atoms with Gasteiger partial charge in [-0.3, -0.25) is 9.59 Å². The SMILES string of the molecule is CCCCC1CN(c2cccc(-c3ccccc3)c2)C(=O)CN1C(C)=O. The molecule has 1 unspecified atom stereocenters. The first-order valence-electron chi connectivity index (χ1n) is 9.33. The van der Waals surface area contributed by atoms with Crippen LogP contribution in [0.1, 0.15) is 33.1 Å². The first kappa shape index (κ1) is 18.2. The molecular formula is C22H26N2O2. The first-order chi connectivity index (χ1) is 12.6. The molecule has 2 amide bonds. The molecule has 0 aromatic heterocycles. The summed E-state index contributed by atoms with van der Waals surface area (Å²) in [4.78, 5) is 28.2. The van der Waals surface area contributed by atoms with E-state index in [4.69, 9.17) is 0 Å². The second-order valence-corrected chi connectivity index (χ2v) is 6.86. The molecule has 1 aliphatic rings. The number of rotatable bonds is 5. The van der Waals surface area contributed by atoms with Gasteiger partial charge in [0.25, 0.3) is 0 Å². The summed E-state index contributed by atoms with van der Waals surface area (Å²) in [5, 5.41) is 0. The van der Waals surface area contributed by atoms with E-state index >= 15 is 0 Å². The van der Waals surface area contributed by atoms with Crippen LogP contribution in [0.5, 0.6) is 0 Å². The first-order valence-corrected chi connectivity index (χ1v) is 9.33. The fourth-order valence-electron chi connectivity index (χ4n) is 3.56. The highest BCUT2D eigenvalue weighted by atomic mass is 16.2. The number of nitrogens with zero attached hydrogens (tertiary/aromatic N) is 2. The lowest BCUT2D eigenvalue weighted by Crippen LogP contribution is -2.57. The van der Waals surface area contributed by atoms with Crippen molar-refractivity contribution < 1.29 is 9.59 Å². The molecule has 136 valence electrons. The summed E-state index contributed by atoms with van der Waals surface area (Å²) in [6, 6.07) is 18.3. The van der Waals surface area contributed by atoms with Crippen LogP contribution >= 0.6 is 0 Å². The molecule has 1 saturated heterocycles. The van der Waals surface area contributed by atoms with E-state index in [0.29, 0.717) is 6.54 Å². The predicted molar refractivity (Wildman–Crippen MR) is 105 cm³/mol. The summed E-state index contributed by atoms with van der Waals surface area (Å²) in [6.07, 6.45) is 3.07. The highest BCUT2D eigenvalue weighted by molar-refractivity contribution is 5.98. The Kier molecular flexibility index (Phi) is 5.71. The number of hydrogen-bond acceptors (Lipinski definition) is 2. The van der Waals surface area contributed by atoms with E-state index in [-0.39, 0.29) is 24.4 Å². The Morgan fingerprint density at radius 2 is 1.81 bits per heavy atom. The van der Waals surface area contributed by atoms with Crippen molar-refractivity contribution in [2.75, 3.05) is 18.0 Å². The maximum absolute atomic E-state index is 12.7. The lowest BCUT2D eigenvalue weighted by molar-refractivity contribution is -0.138. The van der Waals surface area contributed by atoms with Gasteiger partial charge in [-0.15, -0.1) is 0 Å². The maximum Gasteiger partial charge on any atom is 0.246 e. The highest BCUT2D eigenvalue weighted by Crippen LogP contribution is 2.27. The Bertz CT molecular complexity index is 773. The molecule has 0 spiro atoms. The molecule has 0 aliphatic carbocycles. The maximum atomic E-state index is 12.7. The van der Waals surface area contributed by atoms with Crippen molar-refractivity contribution in [2.24, 2.45) is 0 Å². The van der Waals surface area contributed by atoms with Crippen LogP contribution in [0.25, 0.3) is 11.1 Å². The summed E-state index contributed by atoms with van der Waals surface area (Å²) >= 11 is 0. The van der Waals surface area contributed by atoms with Crippen molar-refractivity contribution in [3.05, 3.63) is 54.6 Å². The van der Waals surface area contributed by atoms with Crippen LogP contribution in [0.2, 0.25) is 0 Å². The molecule has 4 nitrogen and oxygen atoms in total. The van der Waals surface area contributed by atoms with Crippen molar-refractivity contribution in [2.45, 2.75) is 39.2 Å². The van der Waals surface area contributed by atoms with Crippen LogP contribution in [-0.4, -0.2) is 35.8 Å². The zero-order valence-corrected chi connectivity index (χ0v) is 15.5. The van der Waals surface area contributed by atoms with Gasteiger partial charge in [0.05, 0.1) is 6.04 Å². The van der Waals surface area contributed by atoms with E-state index < -0.39 is 0 Å². The molecule has 4 heteroatoms. The number of anilines is 1. The predicted octanol–water partition coefficient (Wildman–Crippen LogP) is 4.11. The monoisotopic (exact) mass is 350 g/mol. The highest BCUT2D eigenvalue weighted by Gasteiger charge is 2.33. The lowest BCUT2D eigenvalue weighted by atomic mass is 10.0. The quantitative estimate of drug-likeness (QED) is 0.814. The van der Waals surface area contributed by atoms with Crippen molar-refractivity contribution in [1.29, 1.82) is 0 Å². The molecule has 2 aromatic rings. The van der Waals surface area contributed by atoms with Gasteiger partial charge in [-0.05, 0) is 29.7 Å². The number of amides is 2. The molecule has 0 radical (unpaired) electrons. The minimum absolute atomic E-state index is 0.0156. The van der Waals surface area contributed by atoms with Crippen molar-refractivity contribution in [3.63, 3.8) is 0 Å². The van der Waals surface area contributed by atoms with Crippen molar-refractivity contribution in [3.8, 4) is 11.1 Å². The van der Waals surface area contributed by atoms with Crippen LogP contribution in [0.15, 0.2) is 54.6 Å². The smallest absolute Gasteiger partial charge is 0.246 e. The normalized spacial score (nSPS) is 17.5. The van der Waals surface area contributed by atoms with Crippen molar-refractivity contribution in [1.82, 2.24) is 4.90 Å². The minimum Gasteiger partial charge on any atom is -0.329 e. The average molecular weight is 350 g/mol. The molecule has 0 saturated carbocycles. The van der Waals surface area contributed by atoms with Gasteiger partial charge >= 0.3 is 0 Å². The molecule has 1 heterocycles. The lowest BCUT2D eigenvalue weighted by Gasteiger charge is -2.40. The van der Waals surface area contributed by atoms with Gasteiger partial charge < -0.3 is 9.80 Å². The van der Waals surface area contributed by atoms with Crippen molar-refractivity contribution >= 4 is 17.5 Å². The van der Waals surface area contributed by atoms with Gasteiger partial charge in [0.15, 0.2) is 0 Å². The second kappa shape index (κ2) is 8.17. The molecular weight excluding hydrogens is 324 g/mol. The number of hydrogen-bond donors (Lipinski definition) is 0. The van der Waals surface area contributed by atoms with E-state index in [1.54, 1.807) is 11.8 Å². The third-order valence-corrected chi connectivity index (χ3v) is 5.00. The molecule has 0 N–H and O–H groups in total. The summed E-state index contributed by atoms with van der Waals surface area (Å²) in [7, 11) is 0. The van der Waals surface area contributed by atoms with E-state index in [9.17, 15) is 9.59 Å². The van der Waals surface area contributed by atoms with Gasteiger partial charge in [0, 0.05) is 19.2 Å². The fourth-order valence-corrected chi connectivity index (χ4v) is 3.56. The van der Waals surface area contributed by atoms with E-state index in [1.807, 2.05) is 35.2 Å². The van der Waals surface area contributed by atoms with Crippen LogP contribution in [-0.2, 0) is 9.59 Å². The number of carbonyl (C=O) groups excluding carboxylic acids is 2. The standard InChI is InChI=1S/C22H26N2O2/c1-3-4-12-21-15-24(22(26)16-23(21)17(2)25)20-13-8-11-19(14-20)18-9-6-5-7-10-18/h5-11,13-14,21H,3-4,12,15-16H2,1-2H3. The third-order valence-electron chi connectivity index (χ3n) is 5.00. The summed E-state index contributed by atoms with van der Waals surface area (Å²) in [5.74, 6) is -0.0321. The van der Waals surface area contributed by atoms with Gasteiger partial charge in [0.2, 0.25) is 11.8 Å². The topological polar surface area (TPSA) is 40.6 Å². The minimum atomic E-state index is -0.0165. The zero-order chi connectivity index (χ0) is 18.5. The van der Waals surface area contributed by atoms with Crippen LogP contribution in [0.4, 0.5) is 5.69 Å². The number of benzene rings is 2. The molecule has 0 bridgehead atoms. The van der Waals surface area contributed by atoms with Crippen LogP contribution in [0, 0.1) is 0 Å². The molecule has 26 heavy (non-hydrogen) atoms. The fraction of sp³-hybridized carbons (Fsp3) is 0.364. The Morgan fingerprint density at radius 1 is 1.08 bits per heavy atom. The van der Waals surface area contributed by atoms with E-state index in [2.05, 4.69) is 31.2 Å². The second-order valence-electron chi connectivity index (χ2n) is 6.86. The Balaban J connectivity index is 1.86. The largest absolute Gasteiger partial charge is 0.329 e. The molecule has 3 rings (SSSR count). The molecule has 1 aliphatic heterocycles. The van der Waals surface area contributed by atoms with Gasteiger partial charge in [0.1, 0.15) is 6.54 Å². The number of piperazine rings is 1. The third kappa shape index (κ3) is 3.96. The Hall–Kier alpha value is -2.62. The van der Waals surface area contributed by atoms with Gasteiger partial charge in [-0.1, -0.05) is 62.2 Å². The van der Waals surface area contributed by atoms with Crippen LogP contribution in [0.3, 0.4) is 0 Å². The van der Waals surface area contributed by atoms with E-state index in [1.165, 1.54) is 0 Å². The molecule has 1 atom stereocenters. The summed E-state index contributed by atoms with van der Waals surface area (Å²) in [5.41, 5.74) is 3.13. The van der Waals surface area contributed by atoms with E-state index in [0.717, 1.165) is 36.1 Å². The average Bonchev–Trinajstić information content (AvgIpc) is 2.67. The summed E-state index contributed by atoms with van der Waals surface area (Å²) < 4.78 is 0. The summed E-state index contributed by atoms with van der Waals surface area (Å²) in [6.45, 7) is 4.43. The zero-order valence-electron chi connectivity index (χ0n) is 15.5. The van der Waals surface area contributed by atoms with Crippen LogP contribution < -0.4 is 4.90 Å². The molecule has 2 aromatic carbocycles. The molecule has 1 fully saturated rings. The Labute approximate surface area is 155 Å². The number of carbonyl (C=O) groups is 2. The Morgan fingerprint density at radius 3 is 2.50 bits per heavy atom. The number of unbranched alkanes of at least 4 members (excludes halogenated alkanes) is 1. The van der Waals surface area contributed by atoms with Gasteiger partial charge in [-0.25, -0.2) is 0 Å².